The summed E-state index contributed by atoms with van der Waals surface area (Å²) in [6, 6.07) is 11.9. The van der Waals surface area contributed by atoms with Crippen LogP contribution in [0.5, 0.6) is 11.5 Å². The first-order valence-corrected chi connectivity index (χ1v) is 10.0. The topological polar surface area (TPSA) is 106 Å². The molecule has 0 unspecified atom stereocenters. The van der Waals surface area contributed by atoms with Crippen molar-refractivity contribution in [2.45, 2.75) is 6.92 Å². The molecule has 9 nitrogen and oxygen atoms in total. The number of hydrogen-bond donors (Lipinski definition) is 0. The summed E-state index contributed by atoms with van der Waals surface area (Å²) in [6.07, 6.45) is 0. The molecule has 0 saturated carbocycles. The van der Waals surface area contributed by atoms with Crippen molar-refractivity contribution in [3.8, 4) is 28.4 Å². The Morgan fingerprint density at radius 2 is 1.62 bits per heavy atom. The number of benzene rings is 2. The van der Waals surface area contributed by atoms with Crippen LogP contribution in [0.2, 0.25) is 0 Å². The van der Waals surface area contributed by atoms with Crippen LogP contribution in [0.25, 0.3) is 16.9 Å². The van der Waals surface area contributed by atoms with Crippen LogP contribution in [0.4, 0.5) is 0 Å². The predicted molar refractivity (Wildman–Crippen MR) is 117 cm³/mol. The van der Waals surface area contributed by atoms with Crippen molar-refractivity contribution in [3.05, 3.63) is 58.2 Å². The minimum Gasteiger partial charge on any atom is -0.493 e. The SMILES string of the molecule is COC(=O)c1c(-c2cc(Br)c(OC(C)=O)c(OC)c2)nn(-c2ccccc2)c1C(=O)OC. The van der Waals surface area contributed by atoms with E-state index in [1.165, 1.54) is 39.0 Å². The summed E-state index contributed by atoms with van der Waals surface area (Å²) < 4.78 is 22.1. The van der Waals surface area contributed by atoms with Crippen molar-refractivity contribution in [3.63, 3.8) is 0 Å². The van der Waals surface area contributed by atoms with Crippen molar-refractivity contribution in [1.29, 1.82) is 0 Å². The molecular formula is C22H19BrN2O7. The maximum atomic E-state index is 12.7. The van der Waals surface area contributed by atoms with E-state index < -0.39 is 17.9 Å². The zero-order chi connectivity index (χ0) is 23.4. The highest BCUT2D eigenvalue weighted by molar-refractivity contribution is 9.10. The summed E-state index contributed by atoms with van der Waals surface area (Å²) >= 11 is 3.36. The minimum absolute atomic E-state index is 0.0857. The van der Waals surface area contributed by atoms with Crippen LogP contribution in [0.1, 0.15) is 27.8 Å². The maximum Gasteiger partial charge on any atom is 0.357 e. The van der Waals surface area contributed by atoms with Gasteiger partial charge in [-0.2, -0.15) is 5.10 Å². The Balaban J connectivity index is 2.35. The zero-order valence-electron chi connectivity index (χ0n) is 17.7. The molecular weight excluding hydrogens is 484 g/mol. The molecule has 3 aromatic rings. The summed E-state index contributed by atoms with van der Waals surface area (Å²) in [4.78, 5) is 36.9. The van der Waals surface area contributed by atoms with E-state index in [1.54, 1.807) is 30.3 Å². The van der Waals surface area contributed by atoms with Gasteiger partial charge in [0, 0.05) is 12.5 Å². The normalized spacial score (nSPS) is 10.4. The molecule has 0 aliphatic carbocycles. The third kappa shape index (κ3) is 4.35. The Morgan fingerprint density at radius 3 is 2.19 bits per heavy atom. The molecule has 0 N–H and O–H groups in total. The molecule has 0 saturated heterocycles. The van der Waals surface area contributed by atoms with Gasteiger partial charge in [-0.3, -0.25) is 4.79 Å². The Hall–Kier alpha value is -3.66. The Labute approximate surface area is 192 Å². The van der Waals surface area contributed by atoms with Gasteiger partial charge in [0.2, 0.25) is 0 Å². The van der Waals surface area contributed by atoms with Crippen molar-refractivity contribution in [1.82, 2.24) is 9.78 Å². The molecule has 0 radical (unpaired) electrons. The fourth-order valence-corrected chi connectivity index (χ4v) is 3.58. The molecule has 0 aliphatic rings. The largest absolute Gasteiger partial charge is 0.493 e. The molecule has 0 bridgehead atoms. The van der Waals surface area contributed by atoms with Gasteiger partial charge in [-0.1, -0.05) is 18.2 Å². The van der Waals surface area contributed by atoms with Gasteiger partial charge >= 0.3 is 17.9 Å². The third-order valence-corrected chi connectivity index (χ3v) is 4.99. The van der Waals surface area contributed by atoms with Crippen LogP contribution in [0.15, 0.2) is 46.9 Å². The Bertz CT molecular complexity index is 1190. The van der Waals surface area contributed by atoms with Crippen LogP contribution in [-0.4, -0.2) is 49.0 Å². The highest BCUT2D eigenvalue weighted by Gasteiger charge is 2.32. The second kappa shape index (κ2) is 9.65. The number of halogens is 1. The standard InChI is InChI=1S/C22H19BrN2O7/c1-12(26)32-20-15(23)10-13(11-16(20)29-2)18-17(21(27)30-3)19(22(28)31-4)25(24-18)14-8-6-5-7-9-14/h5-11H,1-4H3. The molecule has 166 valence electrons. The van der Waals surface area contributed by atoms with E-state index in [4.69, 9.17) is 18.9 Å². The molecule has 0 atom stereocenters. The van der Waals surface area contributed by atoms with Crippen molar-refractivity contribution >= 4 is 33.8 Å². The lowest BCUT2D eigenvalue weighted by Gasteiger charge is -2.12. The summed E-state index contributed by atoms with van der Waals surface area (Å²) in [5.74, 6) is -1.70. The van der Waals surface area contributed by atoms with Gasteiger partial charge in [0.1, 0.15) is 11.3 Å². The molecule has 1 heterocycles. The highest BCUT2D eigenvalue weighted by atomic mass is 79.9. The second-order valence-corrected chi connectivity index (χ2v) is 7.24. The number of methoxy groups -OCH3 is 3. The quantitative estimate of drug-likeness (QED) is 0.370. The first-order valence-electron chi connectivity index (χ1n) is 9.23. The molecule has 0 spiro atoms. The van der Waals surface area contributed by atoms with Crippen LogP contribution < -0.4 is 9.47 Å². The van der Waals surface area contributed by atoms with Gasteiger partial charge in [-0.15, -0.1) is 0 Å². The molecule has 1 aromatic heterocycles. The van der Waals surface area contributed by atoms with E-state index in [0.29, 0.717) is 15.7 Å². The molecule has 0 aliphatic heterocycles. The number of carbonyl (C=O) groups excluding carboxylic acids is 3. The van der Waals surface area contributed by atoms with Crippen LogP contribution in [0.3, 0.4) is 0 Å². The number of esters is 3. The van der Waals surface area contributed by atoms with Crippen LogP contribution in [-0.2, 0) is 14.3 Å². The first kappa shape index (κ1) is 23.0. The van der Waals surface area contributed by atoms with E-state index in [-0.39, 0.29) is 28.5 Å². The molecule has 2 aromatic carbocycles. The van der Waals surface area contributed by atoms with Gasteiger partial charge in [-0.25, -0.2) is 14.3 Å². The Kier molecular flexibility index (Phi) is 6.94. The van der Waals surface area contributed by atoms with Gasteiger partial charge in [0.25, 0.3) is 0 Å². The van der Waals surface area contributed by atoms with E-state index >= 15 is 0 Å². The number of rotatable bonds is 6. The Morgan fingerprint density at radius 1 is 0.969 bits per heavy atom. The molecule has 0 amide bonds. The molecule has 0 fully saturated rings. The van der Waals surface area contributed by atoms with Crippen molar-refractivity contribution < 1.29 is 33.3 Å². The smallest absolute Gasteiger partial charge is 0.357 e. The lowest BCUT2D eigenvalue weighted by atomic mass is 10.0. The van der Waals surface area contributed by atoms with Crippen LogP contribution in [0, 0.1) is 0 Å². The average Bonchev–Trinajstić information content (AvgIpc) is 3.20. The lowest BCUT2D eigenvalue weighted by Crippen LogP contribution is -2.15. The summed E-state index contributed by atoms with van der Waals surface area (Å²) in [7, 11) is 3.81. The number of aromatic nitrogens is 2. The monoisotopic (exact) mass is 502 g/mol. The molecule has 32 heavy (non-hydrogen) atoms. The number of ether oxygens (including phenoxy) is 4. The fraction of sp³-hybridized carbons (Fsp3) is 0.182. The fourth-order valence-electron chi connectivity index (χ4n) is 3.06. The highest BCUT2D eigenvalue weighted by Crippen LogP contribution is 2.41. The second-order valence-electron chi connectivity index (χ2n) is 6.39. The number of carbonyl (C=O) groups is 3. The number of nitrogens with zero attached hydrogens (tertiary/aromatic N) is 2. The number of hydrogen-bond acceptors (Lipinski definition) is 8. The van der Waals surface area contributed by atoms with Gasteiger partial charge in [0.05, 0.1) is 31.5 Å². The molecule has 3 rings (SSSR count). The van der Waals surface area contributed by atoms with Gasteiger partial charge in [-0.05, 0) is 40.2 Å². The van der Waals surface area contributed by atoms with E-state index in [9.17, 15) is 14.4 Å². The summed E-state index contributed by atoms with van der Waals surface area (Å²) in [5.41, 5.74) is 0.906. The maximum absolute atomic E-state index is 12.7. The first-order chi connectivity index (χ1) is 15.3. The molecule has 10 heteroatoms. The summed E-state index contributed by atoms with van der Waals surface area (Å²) in [6.45, 7) is 1.26. The summed E-state index contributed by atoms with van der Waals surface area (Å²) in [5, 5.41) is 4.53. The van der Waals surface area contributed by atoms with E-state index in [0.717, 1.165) is 0 Å². The van der Waals surface area contributed by atoms with E-state index in [1.807, 2.05) is 6.07 Å². The number of para-hydroxylation sites is 1. The van der Waals surface area contributed by atoms with Crippen molar-refractivity contribution in [2.75, 3.05) is 21.3 Å². The van der Waals surface area contributed by atoms with Crippen LogP contribution >= 0.6 is 15.9 Å². The zero-order valence-corrected chi connectivity index (χ0v) is 19.3. The minimum atomic E-state index is -0.776. The lowest BCUT2D eigenvalue weighted by molar-refractivity contribution is -0.132. The van der Waals surface area contributed by atoms with Crippen molar-refractivity contribution in [2.24, 2.45) is 0 Å². The van der Waals surface area contributed by atoms with E-state index in [2.05, 4.69) is 21.0 Å². The third-order valence-electron chi connectivity index (χ3n) is 4.40. The predicted octanol–water partition coefficient (Wildman–Crippen LogP) is 3.81. The van der Waals surface area contributed by atoms with Gasteiger partial charge in [0.15, 0.2) is 17.2 Å². The van der Waals surface area contributed by atoms with Gasteiger partial charge < -0.3 is 18.9 Å². The average molecular weight is 503 g/mol.